The molecular weight excluding hydrogens is 374 g/mol. The van der Waals surface area contributed by atoms with Crippen molar-refractivity contribution in [1.82, 2.24) is 0 Å². The minimum absolute atomic E-state index is 0.121. The fourth-order valence-corrected chi connectivity index (χ4v) is 4.38. The molecule has 0 saturated carbocycles. The topological polar surface area (TPSA) is 66.4 Å². The van der Waals surface area contributed by atoms with Crippen LogP contribution in [0.5, 0.6) is 5.75 Å². The second-order valence-corrected chi connectivity index (χ2v) is 11.9. The minimum Gasteiger partial charge on any atom is -0.748 e. The zero-order chi connectivity index (χ0) is 21.6. The Kier molecular flexibility index (Phi) is 8.54. The first-order chi connectivity index (χ1) is 12.6. The highest BCUT2D eigenvalue weighted by Crippen LogP contribution is 2.36. The molecule has 0 unspecified atom stereocenters. The molecule has 0 heterocycles. The van der Waals surface area contributed by atoms with Gasteiger partial charge in [0.25, 0.3) is 0 Å². The molecule has 1 aromatic carbocycles. The maximum absolute atomic E-state index is 10.7. The normalized spacial score (nSPS) is 13.6. The van der Waals surface area contributed by atoms with Crippen LogP contribution in [-0.4, -0.2) is 57.0 Å². The van der Waals surface area contributed by atoms with Crippen molar-refractivity contribution < 1.29 is 22.2 Å². The zero-order valence-corrected chi connectivity index (χ0v) is 19.6. The van der Waals surface area contributed by atoms with Gasteiger partial charge in [0.15, 0.2) is 0 Å². The molecule has 0 aromatic heterocycles. The molecule has 0 saturated heterocycles. The van der Waals surface area contributed by atoms with Gasteiger partial charge in [-0.05, 0) is 34.9 Å². The molecule has 28 heavy (non-hydrogen) atoms. The minimum atomic E-state index is -4.12. The highest BCUT2D eigenvalue weighted by molar-refractivity contribution is 7.85. The molecule has 0 amide bonds. The van der Waals surface area contributed by atoms with Gasteiger partial charge in [-0.1, -0.05) is 46.8 Å². The average Bonchev–Trinajstić information content (AvgIpc) is 2.48. The first-order valence-electron chi connectivity index (χ1n) is 10.1. The molecular formula is C22H39NO4S. The molecule has 0 radical (unpaired) electrons. The van der Waals surface area contributed by atoms with Crippen molar-refractivity contribution in [2.45, 2.75) is 59.3 Å². The summed E-state index contributed by atoms with van der Waals surface area (Å²) in [7, 11) is -0.0266. The molecule has 0 aliphatic rings. The van der Waals surface area contributed by atoms with E-state index in [0.717, 1.165) is 25.1 Å². The number of ether oxygens (including phenoxy) is 1. The lowest BCUT2D eigenvalue weighted by Gasteiger charge is -2.33. The van der Waals surface area contributed by atoms with Crippen molar-refractivity contribution in [2.24, 2.45) is 5.41 Å². The van der Waals surface area contributed by atoms with E-state index >= 15 is 0 Å². The van der Waals surface area contributed by atoms with Crippen LogP contribution in [0.4, 0.5) is 0 Å². The Labute approximate surface area is 172 Å². The van der Waals surface area contributed by atoms with E-state index < -0.39 is 10.1 Å². The molecule has 6 heteroatoms. The van der Waals surface area contributed by atoms with Crippen molar-refractivity contribution >= 4 is 10.1 Å². The number of hydrogen-bond donors (Lipinski definition) is 0. The lowest BCUT2D eigenvalue weighted by atomic mass is 9.72. The number of benzene rings is 1. The Bertz CT molecular complexity index is 701. The summed E-state index contributed by atoms with van der Waals surface area (Å²) < 4.78 is 38.7. The van der Waals surface area contributed by atoms with Crippen LogP contribution in [-0.2, 0) is 15.5 Å². The maximum Gasteiger partial charge on any atom is 0.119 e. The summed E-state index contributed by atoms with van der Waals surface area (Å²) in [6, 6.07) is 8.40. The fourth-order valence-electron chi connectivity index (χ4n) is 3.89. The fraction of sp³-hybridized carbons (Fsp3) is 0.727. The Morgan fingerprint density at radius 2 is 1.50 bits per heavy atom. The van der Waals surface area contributed by atoms with Crippen molar-refractivity contribution in [3.8, 4) is 5.75 Å². The average molecular weight is 414 g/mol. The molecule has 0 atom stereocenters. The molecule has 5 nitrogen and oxygen atoms in total. The Hall–Kier alpha value is -1.11. The number of quaternary nitrogens is 1. The summed E-state index contributed by atoms with van der Waals surface area (Å²) in [6.45, 7) is 13.5. The third kappa shape index (κ3) is 10.4. The van der Waals surface area contributed by atoms with Gasteiger partial charge in [0, 0.05) is 18.6 Å². The summed E-state index contributed by atoms with van der Waals surface area (Å²) in [5.74, 6) is 0.585. The highest BCUT2D eigenvalue weighted by Gasteiger charge is 2.27. The summed E-state index contributed by atoms with van der Waals surface area (Å²) >= 11 is 0. The third-order valence-corrected chi connectivity index (χ3v) is 5.73. The van der Waals surface area contributed by atoms with E-state index in [1.165, 1.54) is 5.56 Å². The first kappa shape index (κ1) is 24.9. The SMILES string of the molecule is CC(C)(C)CC(C)(C)c1ccc(OCCC[N+](C)(C)CCCS(=O)(=O)[O-])cc1. The molecule has 0 N–H and O–H groups in total. The monoisotopic (exact) mass is 413 g/mol. The van der Waals surface area contributed by atoms with Crippen LogP contribution >= 0.6 is 0 Å². The summed E-state index contributed by atoms with van der Waals surface area (Å²) in [5.41, 5.74) is 1.72. The Morgan fingerprint density at radius 3 is 2.00 bits per heavy atom. The first-order valence-corrected chi connectivity index (χ1v) is 11.7. The van der Waals surface area contributed by atoms with E-state index in [9.17, 15) is 13.0 Å². The van der Waals surface area contributed by atoms with Crippen LogP contribution in [0, 0.1) is 5.41 Å². The lowest BCUT2D eigenvalue weighted by Crippen LogP contribution is -2.42. The van der Waals surface area contributed by atoms with E-state index in [2.05, 4.69) is 46.8 Å². The van der Waals surface area contributed by atoms with Gasteiger partial charge in [0.05, 0.1) is 43.9 Å². The van der Waals surface area contributed by atoms with Gasteiger partial charge in [-0.25, -0.2) is 8.42 Å². The van der Waals surface area contributed by atoms with E-state index in [1.807, 2.05) is 26.2 Å². The van der Waals surface area contributed by atoms with Crippen LogP contribution in [0.1, 0.15) is 59.4 Å². The van der Waals surface area contributed by atoms with Crippen molar-refractivity contribution in [3.05, 3.63) is 29.8 Å². The highest BCUT2D eigenvalue weighted by atomic mass is 32.2. The molecule has 0 spiro atoms. The molecule has 1 aromatic rings. The zero-order valence-electron chi connectivity index (χ0n) is 18.7. The van der Waals surface area contributed by atoms with Gasteiger partial charge in [0.2, 0.25) is 0 Å². The summed E-state index contributed by atoms with van der Waals surface area (Å²) in [4.78, 5) is 0. The molecule has 0 aliphatic heterocycles. The van der Waals surface area contributed by atoms with Gasteiger partial charge < -0.3 is 13.8 Å². The van der Waals surface area contributed by atoms with Crippen LogP contribution in [0.15, 0.2) is 24.3 Å². The molecule has 0 aliphatic carbocycles. The van der Waals surface area contributed by atoms with E-state index in [1.54, 1.807) is 0 Å². The van der Waals surface area contributed by atoms with Crippen LogP contribution in [0.3, 0.4) is 0 Å². The second-order valence-electron chi connectivity index (χ2n) is 10.3. The van der Waals surface area contributed by atoms with Crippen molar-refractivity contribution in [1.29, 1.82) is 0 Å². The molecule has 0 bridgehead atoms. The lowest BCUT2D eigenvalue weighted by molar-refractivity contribution is -0.890. The van der Waals surface area contributed by atoms with Crippen LogP contribution in [0.25, 0.3) is 0 Å². The standard InChI is InChI=1S/C22H39NO4S/c1-21(2,3)18-22(4,5)19-10-12-20(13-11-19)27-16-8-14-23(6,7)15-9-17-28(24,25)26/h10-13H,8-9,14-18H2,1-7H3. The van der Waals surface area contributed by atoms with Crippen LogP contribution < -0.4 is 4.74 Å². The van der Waals surface area contributed by atoms with Gasteiger partial charge in [0.1, 0.15) is 5.75 Å². The second kappa shape index (κ2) is 9.59. The van der Waals surface area contributed by atoms with Gasteiger partial charge >= 0.3 is 0 Å². The largest absolute Gasteiger partial charge is 0.748 e. The number of nitrogens with zero attached hydrogens (tertiary/aromatic N) is 1. The number of rotatable bonds is 11. The Balaban J connectivity index is 2.44. The van der Waals surface area contributed by atoms with Gasteiger partial charge in [-0.15, -0.1) is 0 Å². The van der Waals surface area contributed by atoms with E-state index in [4.69, 9.17) is 4.74 Å². The number of hydrogen-bond acceptors (Lipinski definition) is 4. The van der Waals surface area contributed by atoms with Gasteiger partial charge in [-0.2, -0.15) is 0 Å². The van der Waals surface area contributed by atoms with Crippen LogP contribution in [0.2, 0.25) is 0 Å². The molecule has 162 valence electrons. The molecule has 0 fully saturated rings. The third-order valence-electron chi connectivity index (χ3n) is 4.94. The maximum atomic E-state index is 10.7. The van der Waals surface area contributed by atoms with Crippen molar-refractivity contribution in [3.63, 3.8) is 0 Å². The summed E-state index contributed by atoms with van der Waals surface area (Å²) in [6.07, 6.45) is 2.38. The quantitative estimate of drug-likeness (QED) is 0.310. The molecule has 1 rings (SSSR count). The van der Waals surface area contributed by atoms with E-state index in [-0.39, 0.29) is 16.6 Å². The van der Waals surface area contributed by atoms with E-state index in [0.29, 0.717) is 24.1 Å². The van der Waals surface area contributed by atoms with Crippen molar-refractivity contribution in [2.75, 3.05) is 39.5 Å². The van der Waals surface area contributed by atoms with Gasteiger partial charge in [-0.3, -0.25) is 0 Å². The predicted molar refractivity (Wildman–Crippen MR) is 115 cm³/mol. The predicted octanol–water partition coefficient (Wildman–Crippen LogP) is 4.18. The summed E-state index contributed by atoms with van der Waals surface area (Å²) in [5, 5.41) is 0. The smallest absolute Gasteiger partial charge is 0.119 e. The Morgan fingerprint density at radius 1 is 0.964 bits per heavy atom.